The van der Waals surface area contributed by atoms with E-state index in [2.05, 4.69) is 54.6 Å². The van der Waals surface area contributed by atoms with E-state index in [9.17, 15) is 4.79 Å². The molecule has 3 aromatic rings. The topological polar surface area (TPSA) is 17.1 Å². The van der Waals surface area contributed by atoms with Gasteiger partial charge in [-0.1, -0.05) is 72.8 Å². The number of carbonyl (C=O) groups is 1. The van der Waals surface area contributed by atoms with Crippen molar-refractivity contribution >= 4 is 16.9 Å². The molecule has 124 valence electrons. The van der Waals surface area contributed by atoms with Crippen molar-refractivity contribution in [1.82, 2.24) is 0 Å². The third-order valence-electron chi connectivity index (χ3n) is 5.39. The summed E-state index contributed by atoms with van der Waals surface area (Å²) in [6.45, 7) is 0. The van der Waals surface area contributed by atoms with Gasteiger partial charge in [0.25, 0.3) is 0 Å². The van der Waals surface area contributed by atoms with Gasteiger partial charge in [0.15, 0.2) is 5.78 Å². The van der Waals surface area contributed by atoms with E-state index in [1.54, 1.807) is 6.08 Å². The van der Waals surface area contributed by atoms with Crippen LogP contribution in [0.2, 0.25) is 0 Å². The fourth-order valence-electron chi connectivity index (χ4n) is 4.16. The van der Waals surface area contributed by atoms with Crippen LogP contribution in [0.4, 0.5) is 0 Å². The summed E-state index contributed by atoms with van der Waals surface area (Å²) in [4.78, 5) is 12.4. The minimum atomic E-state index is 0.0835. The summed E-state index contributed by atoms with van der Waals surface area (Å²) in [5.41, 5.74) is 9.50. The third kappa shape index (κ3) is 2.28. The quantitative estimate of drug-likeness (QED) is 0.531. The summed E-state index contributed by atoms with van der Waals surface area (Å²) in [5.74, 6) is 0.0835. The van der Waals surface area contributed by atoms with Gasteiger partial charge in [0, 0.05) is 5.56 Å². The summed E-state index contributed by atoms with van der Waals surface area (Å²) in [7, 11) is 0. The lowest BCUT2D eigenvalue weighted by atomic mass is 9.83. The molecule has 3 aromatic carbocycles. The van der Waals surface area contributed by atoms with E-state index in [-0.39, 0.29) is 5.78 Å². The van der Waals surface area contributed by atoms with Crippen molar-refractivity contribution in [2.75, 3.05) is 0 Å². The van der Waals surface area contributed by atoms with Crippen molar-refractivity contribution in [3.05, 3.63) is 118 Å². The van der Waals surface area contributed by atoms with Crippen LogP contribution in [-0.4, -0.2) is 5.78 Å². The Morgan fingerprint density at radius 1 is 0.538 bits per heavy atom. The van der Waals surface area contributed by atoms with Gasteiger partial charge in [-0.15, -0.1) is 0 Å². The Hall–Kier alpha value is -3.19. The maximum absolute atomic E-state index is 12.4. The van der Waals surface area contributed by atoms with E-state index in [1.165, 1.54) is 27.8 Å². The molecular weight excluding hydrogens is 316 g/mol. The van der Waals surface area contributed by atoms with E-state index in [4.69, 9.17) is 0 Å². The Bertz CT molecular complexity index is 1050. The van der Waals surface area contributed by atoms with Crippen molar-refractivity contribution in [3.63, 3.8) is 0 Å². The molecule has 0 atom stereocenters. The van der Waals surface area contributed by atoms with Crippen molar-refractivity contribution in [2.45, 2.75) is 12.8 Å². The molecule has 5 rings (SSSR count). The smallest absolute Gasteiger partial charge is 0.186 e. The predicted molar refractivity (Wildman–Crippen MR) is 106 cm³/mol. The van der Waals surface area contributed by atoms with Gasteiger partial charge in [-0.25, -0.2) is 0 Å². The highest BCUT2D eigenvalue weighted by Gasteiger charge is 2.24. The second-order valence-corrected chi connectivity index (χ2v) is 6.85. The van der Waals surface area contributed by atoms with Gasteiger partial charge in [0.2, 0.25) is 0 Å². The first-order valence-corrected chi connectivity index (χ1v) is 9.05. The fraction of sp³-hybridized carbons (Fsp3) is 0.0800. The molecule has 0 bridgehead atoms. The summed E-state index contributed by atoms with van der Waals surface area (Å²) < 4.78 is 0. The zero-order valence-corrected chi connectivity index (χ0v) is 14.4. The first-order chi connectivity index (χ1) is 12.8. The third-order valence-corrected chi connectivity index (χ3v) is 5.39. The van der Waals surface area contributed by atoms with E-state index in [0.717, 1.165) is 29.5 Å². The number of aryl methyl sites for hydroxylation is 2. The van der Waals surface area contributed by atoms with Crippen LogP contribution in [0.5, 0.6) is 0 Å². The Balaban J connectivity index is 1.91. The lowest BCUT2D eigenvalue weighted by Crippen LogP contribution is -2.07. The normalized spacial score (nSPS) is 15.2. The summed E-state index contributed by atoms with van der Waals surface area (Å²) >= 11 is 0. The number of ketones is 1. The van der Waals surface area contributed by atoms with Crippen LogP contribution < -0.4 is 0 Å². The van der Waals surface area contributed by atoms with Crippen LogP contribution in [0, 0.1) is 0 Å². The lowest BCUT2D eigenvalue weighted by molar-refractivity contribution is 0.104. The van der Waals surface area contributed by atoms with Crippen LogP contribution in [-0.2, 0) is 12.8 Å². The fourth-order valence-corrected chi connectivity index (χ4v) is 4.16. The molecule has 1 heteroatoms. The highest BCUT2D eigenvalue weighted by atomic mass is 16.1. The Labute approximate surface area is 153 Å². The molecule has 0 saturated heterocycles. The number of hydrogen-bond donors (Lipinski definition) is 0. The first-order valence-electron chi connectivity index (χ1n) is 9.05. The Morgan fingerprint density at radius 3 is 1.65 bits per heavy atom. The minimum absolute atomic E-state index is 0.0835. The molecule has 0 heterocycles. The van der Waals surface area contributed by atoms with Crippen molar-refractivity contribution in [2.24, 2.45) is 0 Å². The zero-order valence-electron chi connectivity index (χ0n) is 14.4. The molecule has 0 saturated carbocycles. The maximum Gasteiger partial charge on any atom is 0.186 e. The molecule has 0 N–H and O–H groups in total. The molecule has 0 aromatic heterocycles. The van der Waals surface area contributed by atoms with Crippen molar-refractivity contribution in [1.29, 1.82) is 0 Å². The summed E-state index contributed by atoms with van der Waals surface area (Å²) in [5, 5.41) is 0. The number of hydrogen-bond acceptors (Lipinski definition) is 1. The van der Waals surface area contributed by atoms with Crippen LogP contribution in [0.15, 0.2) is 84.9 Å². The van der Waals surface area contributed by atoms with Gasteiger partial charge in [-0.05, 0) is 64.0 Å². The van der Waals surface area contributed by atoms with Crippen LogP contribution in [0.25, 0.3) is 11.1 Å². The molecule has 0 fully saturated rings. The number of benzene rings is 3. The molecule has 0 amide bonds. The molecule has 2 aliphatic carbocycles. The SMILES string of the molecule is O=C1C=CC(=C2c3ccccc3CCc3ccccc32)c2ccccc21. The maximum atomic E-state index is 12.4. The number of rotatable bonds is 0. The number of carbonyl (C=O) groups excluding carboxylic acids is 1. The molecule has 0 aliphatic heterocycles. The van der Waals surface area contributed by atoms with E-state index < -0.39 is 0 Å². The number of allylic oxidation sites excluding steroid dienone is 3. The number of fused-ring (bicyclic) bond motifs is 3. The van der Waals surface area contributed by atoms with Crippen molar-refractivity contribution < 1.29 is 4.79 Å². The monoisotopic (exact) mass is 334 g/mol. The standard InChI is InChI=1S/C25H18O/c26-24-16-15-23(21-11-5-6-12-22(21)24)25-19-9-3-1-7-17(19)13-14-18-8-2-4-10-20(18)25/h1-12,15-16H,13-14H2. The van der Waals surface area contributed by atoms with Crippen LogP contribution in [0.3, 0.4) is 0 Å². The van der Waals surface area contributed by atoms with Gasteiger partial charge in [-0.2, -0.15) is 0 Å². The Morgan fingerprint density at radius 2 is 1.04 bits per heavy atom. The summed E-state index contributed by atoms with van der Waals surface area (Å²) in [6, 6.07) is 25.3. The van der Waals surface area contributed by atoms with Gasteiger partial charge >= 0.3 is 0 Å². The van der Waals surface area contributed by atoms with Gasteiger partial charge in [0.05, 0.1) is 0 Å². The van der Waals surface area contributed by atoms with E-state index in [1.807, 2.05) is 24.3 Å². The molecule has 1 nitrogen and oxygen atoms in total. The van der Waals surface area contributed by atoms with Gasteiger partial charge in [0.1, 0.15) is 0 Å². The lowest BCUT2D eigenvalue weighted by Gasteiger charge is -2.20. The molecule has 0 spiro atoms. The second-order valence-electron chi connectivity index (χ2n) is 6.85. The molecule has 2 aliphatic rings. The zero-order chi connectivity index (χ0) is 17.5. The van der Waals surface area contributed by atoms with Gasteiger partial charge < -0.3 is 0 Å². The van der Waals surface area contributed by atoms with E-state index >= 15 is 0 Å². The molecule has 26 heavy (non-hydrogen) atoms. The Kier molecular flexibility index (Phi) is 3.46. The summed E-state index contributed by atoms with van der Waals surface area (Å²) in [6.07, 6.45) is 5.78. The molecule has 0 radical (unpaired) electrons. The minimum Gasteiger partial charge on any atom is -0.289 e. The van der Waals surface area contributed by atoms with Crippen LogP contribution >= 0.6 is 0 Å². The predicted octanol–water partition coefficient (Wildman–Crippen LogP) is 5.50. The largest absolute Gasteiger partial charge is 0.289 e. The van der Waals surface area contributed by atoms with Gasteiger partial charge in [-0.3, -0.25) is 4.79 Å². The second kappa shape index (κ2) is 5.96. The highest BCUT2D eigenvalue weighted by Crippen LogP contribution is 2.41. The van der Waals surface area contributed by atoms with Crippen molar-refractivity contribution in [3.8, 4) is 0 Å². The highest BCUT2D eigenvalue weighted by molar-refractivity contribution is 6.17. The average molecular weight is 334 g/mol. The first kappa shape index (κ1) is 15.1. The van der Waals surface area contributed by atoms with Crippen LogP contribution in [0.1, 0.15) is 38.2 Å². The molecule has 0 unspecified atom stereocenters. The average Bonchev–Trinajstić information content (AvgIpc) is 2.86. The molecular formula is C25H18O. The van der Waals surface area contributed by atoms with E-state index in [0.29, 0.717) is 0 Å².